The molecule has 0 unspecified atom stereocenters. The van der Waals surface area contributed by atoms with E-state index in [1.54, 1.807) is 24.7 Å². The minimum absolute atomic E-state index is 0.211. The fourth-order valence-corrected chi connectivity index (χ4v) is 4.66. The molecule has 0 N–H and O–H groups in total. The number of aryl methyl sites for hydroxylation is 1. The summed E-state index contributed by atoms with van der Waals surface area (Å²) in [6.45, 7) is 5.36. The van der Waals surface area contributed by atoms with Gasteiger partial charge < -0.3 is 9.64 Å². The van der Waals surface area contributed by atoms with Crippen molar-refractivity contribution in [3.63, 3.8) is 0 Å². The zero-order valence-electron chi connectivity index (χ0n) is 15.5. The molecule has 1 aromatic carbocycles. The van der Waals surface area contributed by atoms with E-state index >= 15 is 0 Å². The predicted molar refractivity (Wildman–Crippen MR) is 99.9 cm³/mol. The molecule has 1 aliphatic rings. The van der Waals surface area contributed by atoms with E-state index in [4.69, 9.17) is 4.74 Å². The second-order valence-corrected chi connectivity index (χ2v) is 8.26. The van der Waals surface area contributed by atoms with Crippen LogP contribution in [0.25, 0.3) is 0 Å². The predicted octanol–water partition coefficient (Wildman–Crippen LogP) is 1.70. The van der Waals surface area contributed by atoms with Crippen molar-refractivity contribution in [2.75, 3.05) is 32.8 Å². The topological polar surface area (TPSA) is 84.7 Å². The number of sulfonamides is 1. The maximum atomic E-state index is 13.0. The average molecular weight is 392 g/mol. The molecular weight excluding hydrogens is 368 g/mol. The first-order chi connectivity index (χ1) is 12.9. The largest absolute Gasteiger partial charge is 0.450 e. The Labute approximate surface area is 159 Å². The normalized spacial score (nSPS) is 15.7. The van der Waals surface area contributed by atoms with Gasteiger partial charge in [0.15, 0.2) is 0 Å². The van der Waals surface area contributed by atoms with E-state index in [0.29, 0.717) is 31.9 Å². The summed E-state index contributed by atoms with van der Waals surface area (Å²) in [7, 11) is -3.65. The zero-order valence-corrected chi connectivity index (χ0v) is 16.4. The van der Waals surface area contributed by atoms with Gasteiger partial charge in [-0.15, -0.1) is 0 Å². The molecule has 0 saturated carbocycles. The number of aromatic nitrogens is 2. The van der Waals surface area contributed by atoms with Crippen LogP contribution in [-0.2, 0) is 21.3 Å². The highest BCUT2D eigenvalue weighted by atomic mass is 32.2. The third-order valence-electron chi connectivity index (χ3n) is 4.47. The lowest BCUT2D eigenvalue weighted by molar-refractivity contribution is 0.0934. The molecule has 1 amide bonds. The number of piperazine rings is 1. The van der Waals surface area contributed by atoms with Crippen LogP contribution in [0, 0.1) is 6.92 Å². The minimum atomic E-state index is -3.65. The first-order valence-corrected chi connectivity index (χ1v) is 10.4. The van der Waals surface area contributed by atoms with Gasteiger partial charge in [-0.25, -0.2) is 13.2 Å². The molecule has 0 radical (unpaired) electrons. The van der Waals surface area contributed by atoms with Crippen LogP contribution >= 0.6 is 0 Å². The number of hydrogen-bond acceptors (Lipinski definition) is 5. The van der Waals surface area contributed by atoms with Crippen molar-refractivity contribution in [1.29, 1.82) is 0 Å². The number of benzene rings is 1. The van der Waals surface area contributed by atoms with Crippen LogP contribution in [-0.4, -0.2) is 66.3 Å². The summed E-state index contributed by atoms with van der Waals surface area (Å²) in [4.78, 5) is 13.5. The quantitative estimate of drug-likeness (QED) is 0.773. The lowest BCUT2D eigenvalue weighted by atomic mass is 10.2. The molecule has 0 atom stereocenters. The van der Waals surface area contributed by atoms with Crippen LogP contribution in [0.15, 0.2) is 41.4 Å². The van der Waals surface area contributed by atoms with E-state index in [1.807, 2.05) is 30.3 Å². The van der Waals surface area contributed by atoms with Crippen LogP contribution < -0.4 is 0 Å². The molecule has 0 spiro atoms. The Morgan fingerprint density at radius 1 is 1.15 bits per heavy atom. The van der Waals surface area contributed by atoms with Crippen molar-refractivity contribution in [3.05, 3.63) is 47.8 Å². The van der Waals surface area contributed by atoms with Gasteiger partial charge in [0.25, 0.3) is 0 Å². The van der Waals surface area contributed by atoms with Gasteiger partial charge in [-0.1, -0.05) is 30.3 Å². The Balaban J connectivity index is 1.71. The van der Waals surface area contributed by atoms with Gasteiger partial charge in [-0.2, -0.15) is 9.40 Å². The maximum absolute atomic E-state index is 13.0. The zero-order chi connectivity index (χ0) is 19.4. The van der Waals surface area contributed by atoms with Gasteiger partial charge in [0.2, 0.25) is 10.0 Å². The molecule has 2 aromatic rings. The Bertz CT molecular complexity index is 887. The Morgan fingerprint density at radius 2 is 1.81 bits per heavy atom. The summed E-state index contributed by atoms with van der Waals surface area (Å²) in [6.07, 6.45) is 1.18. The standard InChI is InChI=1S/C18H24N4O4S/c1-3-26-18(23)20-9-11-22(12-10-20)27(24,25)17-14-21(19-15(17)2)13-16-7-5-4-6-8-16/h4-8,14H,3,9-13H2,1-2H3. The SMILES string of the molecule is CCOC(=O)N1CCN(S(=O)(=O)c2cn(Cc3ccccc3)nc2C)CC1. The molecular formula is C18H24N4O4S. The Kier molecular flexibility index (Phi) is 5.81. The van der Waals surface area contributed by atoms with E-state index < -0.39 is 16.1 Å². The van der Waals surface area contributed by atoms with E-state index in [0.717, 1.165) is 5.56 Å². The molecule has 146 valence electrons. The van der Waals surface area contributed by atoms with Crippen molar-refractivity contribution in [3.8, 4) is 0 Å². The van der Waals surface area contributed by atoms with Crippen LogP contribution in [0.4, 0.5) is 4.79 Å². The number of hydrogen-bond donors (Lipinski definition) is 0. The molecule has 27 heavy (non-hydrogen) atoms. The fourth-order valence-electron chi connectivity index (χ4n) is 3.07. The number of rotatable bonds is 5. The third kappa shape index (κ3) is 4.30. The first kappa shape index (κ1) is 19.4. The van der Waals surface area contributed by atoms with Crippen molar-refractivity contribution in [2.45, 2.75) is 25.3 Å². The summed E-state index contributed by atoms with van der Waals surface area (Å²) in [5, 5.41) is 4.36. The van der Waals surface area contributed by atoms with Crippen molar-refractivity contribution in [1.82, 2.24) is 19.0 Å². The van der Waals surface area contributed by atoms with Crippen LogP contribution in [0.1, 0.15) is 18.2 Å². The first-order valence-electron chi connectivity index (χ1n) is 8.91. The molecule has 1 aromatic heterocycles. The molecule has 8 nitrogen and oxygen atoms in total. The number of carbonyl (C=O) groups is 1. The minimum Gasteiger partial charge on any atom is -0.450 e. The molecule has 1 fully saturated rings. The van der Waals surface area contributed by atoms with Gasteiger partial charge in [0.05, 0.1) is 18.8 Å². The number of amides is 1. The van der Waals surface area contributed by atoms with Crippen molar-refractivity contribution >= 4 is 16.1 Å². The maximum Gasteiger partial charge on any atom is 0.409 e. The second kappa shape index (κ2) is 8.10. The highest BCUT2D eigenvalue weighted by Crippen LogP contribution is 2.21. The number of carbonyl (C=O) groups excluding carboxylic acids is 1. The smallest absolute Gasteiger partial charge is 0.409 e. The van der Waals surface area contributed by atoms with E-state index in [9.17, 15) is 13.2 Å². The van der Waals surface area contributed by atoms with E-state index in [2.05, 4.69) is 5.10 Å². The lowest BCUT2D eigenvalue weighted by Gasteiger charge is -2.33. The lowest BCUT2D eigenvalue weighted by Crippen LogP contribution is -2.50. The monoisotopic (exact) mass is 392 g/mol. The molecule has 9 heteroatoms. The molecule has 0 bridgehead atoms. The molecule has 3 rings (SSSR count). The fraction of sp³-hybridized carbons (Fsp3) is 0.444. The number of nitrogens with zero attached hydrogens (tertiary/aromatic N) is 4. The molecule has 2 heterocycles. The summed E-state index contributed by atoms with van der Waals surface area (Å²) in [6, 6.07) is 9.75. The van der Waals surface area contributed by atoms with Gasteiger partial charge in [0.1, 0.15) is 4.90 Å². The van der Waals surface area contributed by atoms with E-state index in [-0.39, 0.29) is 18.0 Å². The van der Waals surface area contributed by atoms with Gasteiger partial charge in [-0.05, 0) is 19.4 Å². The summed E-state index contributed by atoms with van der Waals surface area (Å²) in [5.41, 5.74) is 1.52. The van der Waals surface area contributed by atoms with Crippen LogP contribution in [0.3, 0.4) is 0 Å². The van der Waals surface area contributed by atoms with Crippen LogP contribution in [0.5, 0.6) is 0 Å². The van der Waals surface area contributed by atoms with E-state index in [1.165, 1.54) is 9.21 Å². The van der Waals surface area contributed by atoms with Gasteiger partial charge in [0, 0.05) is 32.4 Å². The Hall–Kier alpha value is -2.39. The highest BCUT2D eigenvalue weighted by molar-refractivity contribution is 7.89. The van der Waals surface area contributed by atoms with Gasteiger partial charge in [-0.3, -0.25) is 4.68 Å². The van der Waals surface area contributed by atoms with Gasteiger partial charge >= 0.3 is 6.09 Å². The number of ether oxygens (including phenoxy) is 1. The summed E-state index contributed by atoms with van der Waals surface area (Å²) < 4.78 is 34.0. The average Bonchev–Trinajstić information content (AvgIpc) is 3.04. The Morgan fingerprint density at radius 3 is 2.44 bits per heavy atom. The second-order valence-electron chi connectivity index (χ2n) is 6.35. The molecule has 0 aliphatic carbocycles. The summed E-state index contributed by atoms with van der Waals surface area (Å²) in [5.74, 6) is 0. The molecule has 1 saturated heterocycles. The highest BCUT2D eigenvalue weighted by Gasteiger charge is 2.32. The van der Waals surface area contributed by atoms with Crippen molar-refractivity contribution in [2.24, 2.45) is 0 Å². The third-order valence-corrected chi connectivity index (χ3v) is 6.47. The van der Waals surface area contributed by atoms with Crippen LogP contribution in [0.2, 0.25) is 0 Å². The molecule has 1 aliphatic heterocycles. The van der Waals surface area contributed by atoms with Crippen molar-refractivity contribution < 1.29 is 17.9 Å². The summed E-state index contributed by atoms with van der Waals surface area (Å²) >= 11 is 0.